The van der Waals surface area contributed by atoms with E-state index in [-0.39, 0.29) is 0 Å². The van der Waals surface area contributed by atoms with Gasteiger partial charge in [0.25, 0.3) is 0 Å². The molecule has 0 amide bonds. The van der Waals surface area contributed by atoms with Gasteiger partial charge < -0.3 is 10.7 Å². The average molecular weight is 133 g/mol. The minimum absolute atomic E-state index is 0.558. The van der Waals surface area contributed by atoms with E-state index in [0.717, 1.165) is 10.9 Å². The van der Waals surface area contributed by atoms with Crippen molar-refractivity contribution < 1.29 is 0 Å². The summed E-state index contributed by atoms with van der Waals surface area (Å²) in [4.78, 5) is 6.93. The topological polar surface area (TPSA) is 54.7 Å². The van der Waals surface area contributed by atoms with Crippen molar-refractivity contribution in [2.75, 3.05) is 5.73 Å². The molecule has 3 heteroatoms. The summed E-state index contributed by atoms with van der Waals surface area (Å²) in [6.07, 6.45) is 3.55. The monoisotopic (exact) mass is 133 g/mol. The lowest BCUT2D eigenvalue weighted by Crippen LogP contribution is -1.89. The molecule has 0 saturated heterocycles. The number of fused-ring (bicyclic) bond motifs is 1. The van der Waals surface area contributed by atoms with E-state index in [4.69, 9.17) is 5.73 Å². The Morgan fingerprint density at radius 2 is 2.30 bits per heavy atom. The van der Waals surface area contributed by atoms with Crippen LogP contribution in [-0.4, -0.2) is 9.97 Å². The van der Waals surface area contributed by atoms with Crippen LogP contribution >= 0.6 is 0 Å². The summed E-state index contributed by atoms with van der Waals surface area (Å²) in [5.74, 6) is 0.558. The number of nitrogen functional groups attached to an aromatic ring is 1. The highest BCUT2D eigenvalue weighted by Crippen LogP contribution is 2.14. The SMILES string of the molecule is Nc1nccc2cc[nH]c12. The summed E-state index contributed by atoms with van der Waals surface area (Å²) in [7, 11) is 0. The highest BCUT2D eigenvalue weighted by molar-refractivity contribution is 5.87. The third-order valence-corrected chi connectivity index (χ3v) is 1.50. The van der Waals surface area contributed by atoms with Gasteiger partial charge in [-0.25, -0.2) is 4.98 Å². The lowest BCUT2D eigenvalue weighted by atomic mass is 10.3. The zero-order valence-electron chi connectivity index (χ0n) is 5.33. The van der Waals surface area contributed by atoms with E-state index in [2.05, 4.69) is 9.97 Å². The van der Waals surface area contributed by atoms with E-state index in [0.29, 0.717) is 5.82 Å². The van der Waals surface area contributed by atoms with Crippen LogP contribution in [0.3, 0.4) is 0 Å². The van der Waals surface area contributed by atoms with Crippen LogP contribution in [0.1, 0.15) is 0 Å². The summed E-state index contributed by atoms with van der Waals surface area (Å²) in [5, 5.41) is 1.10. The molecule has 0 aromatic carbocycles. The second kappa shape index (κ2) is 1.73. The number of rotatable bonds is 0. The standard InChI is InChI=1S/C7H7N3/c8-7-6-5(1-3-9-6)2-4-10-7/h1-4,9H,(H2,8,10). The lowest BCUT2D eigenvalue weighted by Gasteiger charge is -1.91. The highest BCUT2D eigenvalue weighted by atomic mass is 14.9. The normalized spacial score (nSPS) is 10.4. The second-order valence-corrected chi connectivity index (χ2v) is 2.14. The van der Waals surface area contributed by atoms with Gasteiger partial charge in [-0.15, -0.1) is 0 Å². The summed E-state index contributed by atoms with van der Waals surface area (Å²) in [6, 6.07) is 3.88. The van der Waals surface area contributed by atoms with Crippen molar-refractivity contribution in [3.63, 3.8) is 0 Å². The van der Waals surface area contributed by atoms with Crippen molar-refractivity contribution >= 4 is 16.7 Å². The second-order valence-electron chi connectivity index (χ2n) is 2.14. The fourth-order valence-electron chi connectivity index (χ4n) is 1.00. The average Bonchev–Trinajstić information content (AvgIpc) is 2.36. The predicted molar refractivity (Wildman–Crippen MR) is 40.5 cm³/mol. The van der Waals surface area contributed by atoms with Crippen molar-refractivity contribution in [2.24, 2.45) is 0 Å². The molecular formula is C7H7N3. The Morgan fingerprint density at radius 3 is 3.10 bits per heavy atom. The first-order chi connectivity index (χ1) is 4.88. The molecule has 0 aliphatic heterocycles. The molecule has 0 spiro atoms. The van der Waals surface area contributed by atoms with Crippen molar-refractivity contribution in [2.45, 2.75) is 0 Å². The molecule has 0 fully saturated rings. The van der Waals surface area contributed by atoms with Gasteiger partial charge in [0.05, 0.1) is 5.52 Å². The van der Waals surface area contributed by atoms with Crippen LogP contribution in [0, 0.1) is 0 Å². The van der Waals surface area contributed by atoms with Gasteiger partial charge >= 0.3 is 0 Å². The van der Waals surface area contributed by atoms with E-state index in [1.807, 2.05) is 18.3 Å². The van der Waals surface area contributed by atoms with Gasteiger partial charge in [0.1, 0.15) is 5.82 Å². The van der Waals surface area contributed by atoms with Gasteiger partial charge in [-0.1, -0.05) is 0 Å². The van der Waals surface area contributed by atoms with Crippen molar-refractivity contribution in [1.29, 1.82) is 0 Å². The molecule has 3 nitrogen and oxygen atoms in total. The smallest absolute Gasteiger partial charge is 0.147 e. The number of hydrogen-bond donors (Lipinski definition) is 2. The zero-order chi connectivity index (χ0) is 6.97. The Labute approximate surface area is 57.9 Å². The number of hydrogen-bond acceptors (Lipinski definition) is 2. The molecule has 0 aliphatic rings. The van der Waals surface area contributed by atoms with Gasteiger partial charge in [0, 0.05) is 17.8 Å². The van der Waals surface area contributed by atoms with Crippen molar-refractivity contribution in [3.8, 4) is 0 Å². The third-order valence-electron chi connectivity index (χ3n) is 1.50. The number of pyridine rings is 1. The van der Waals surface area contributed by atoms with Crippen LogP contribution in [0.4, 0.5) is 5.82 Å². The van der Waals surface area contributed by atoms with E-state index in [9.17, 15) is 0 Å². The summed E-state index contributed by atoms with van der Waals surface area (Å²) in [6.45, 7) is 0. The Balaban J connectivity index is 2.95. The van der Waals surface area contributed by atoms with Gasteiger partial charge in [0.2, 0.25) is 0 Å². The van der Waals surface area contributed by atoms with E-state index < -0.39 is 0 Å². The summed E-state index contributed by atoms with van der Waals surface area (Å²) < 4.78 is 0. The molecule has 3 N–H and O–H groups in total. The minimum atomic E-state index is 0.558. The number of nitrogens with zero attached hydrogens (tertiary/aromatic N) is 1. The molecule has 10 heavy (non-hydrogen) atoms. The van der Waals surface area contributed by atoms with Crippen LogP contribution in [0.5, 0.6) is 0 Å². The molecule has 2 rings (SSSR count). The van der Waals surface area contributed by atoms with Crippen LogP contribution < -0.4 is 5.73 Å². The van der Waals surface area contributed by atoms with Crippen LogP contribution in [0.2, 0.25) is 0 Å². The van der Waals surface area contributed by atoms with Crippen LogP contribution in [-0.2, 0) is 0 Å². The summed E-state index contributed by atoms with van der Waals surface area (Å²) >= 11 is 0. The molecule has 2 heterocycles. The molecule has 0 radical (unpaired) electrons. The maximum atomic E-state index is 5.56. The number of nitrogens with one attached hydrogen (secondary N) is 1. The first-order valence-electron chi connectivity index (χ1n) is 3.05. The maximum Gasteiger partial charge on any atom is 0.147 e. The number of aromatic nitrogens is 2. The Morgan fingerprint density at radius 1 is 1.40 bits per heavy atom. The Hall–Kier alpha value is -1.51. The van der Waals surface area contributed by atoms with E-state index in [1.165, 1.54) is 0 Å². The Bertz CT molecular complexity index is 350. The number of H-pyrrole nitrogens is 1. The zero-order valence-corrected chi connectivity index (χ0v) is 5.33. The minimum Gasteiger partial charge on any atom is -0.382 e. The number of anilines is 1. The largest absolute Gasteiger partial charge is 0.382 e. The van der Waals surface area contributed by atoms with Gasteiger partial charge in [-0.2, -0.15) is 0 Å². The maximum absolute atomic E-state index is 5.56. The molecule has 0 saturated carbocycles. The molecule has 0 atom stereocenters. The first kappa shape index (κ1) is 5.29. The molecule has 2 aromatic rings. The van der Waals surface area contributed by atoms with Crippen molar-refractivity contribution in [3.05, 3.63) is 24.5 Å². The van der Waals surface area contributed by atoms with Gasteiger partial charge in [-0.3, -0.25) is 0 Å². The predicted octanol–water partition coefficient (Wildman–Crippen LogP) is 1.15. The molecule has 0 bridgehead atoms. The quantitative estimate of drug-likeness (QED) is 0.566. The highest BCUT2D eigenvalue weighted by Gasteiger charge is 1.95. The number of nitrogens with two attached hydrogens (primary N) is 1. The lowest BCUT2D eigenvalue weighted by molar-refractivity contribution is 1.34. The Kier molecular flexibility index (Phi) is 0.917. The van der Waals surface area contributed by atoms with Crippen molar-refractivity contribution in [1.82, 2.24) is 9.97 Å². The fourth-order valence-corrected chi connectivity index (χ4v) is 1.00. The molecule has 0 unspecified atom stereocenters. The molecular weight excluding hydrogens is 126 g/mol. The third kappa shape index (κ3) is 0.572. The summed E-state index contributed by atoms with van der Waals surface area (Å²) in [5.41, 5.74) is 6.48. The van der Waals surface area contributed by atoms with Gasteiger partial charge in [0.15, 0.2) is 0 Å². The van der Waals surface area contributed by atoms with E-state index >= 15 is 0 Å². The fraction of sp³-hybridized carbons (Fsp3) is 0. The molecule has 50 valence electrons. The van der Waals surface area contributed by atoms with Crippen LogP contribution in [0.15, 0.2) is 24.5 Å². The molecule has 2 aromatic heterocycles. The van der Waals surface area contributed by atoms with E-state index in [1.54, 1.807) is 6.20 Å². The first-order valence-corrected chi connectivity index (χ1v) is 3.05. The van der Waals surface area contributed by atoms with Gasteiger partial charge in [-0.05, 0) is 12.1 Å². The van der Waals surface area contributed by atoms with Crippen LogP contribution in [0.25, 0.3) is 10.9 Å². The molecule has 0 aliphatic carbocycles. The number of aromatic amines is 1.